The van der Waals surface area contributed by atoms with Crippen LogP contribution in [0, 0.1) is 0 Å². The molecule has 8 heteroatoms. The van der Waals surface area contributed by atoms with Gasteiger partial charge >= 0.3 is 6.18 Å². The van der Waals surface area contributed by atoms with Crippen LogP contribution >= 0.6 is 0 Å². The third-order valence-corrected chi connectivity index (χ3v) is 2.61. The fourth-order valence-corrected chi connectivity index (χ4v) is 1.68. The molecule has 20 heavy (non-hydrogen) atoms. The van der Waals surface area contributed by atoms with Crippen molar-refractivity contribution in [2.24, 2.45) is 5.73 Å². The van der Waals surface area contributed by atoms with Crippen LogP contribution in [0.3, 0.4) is 0 Å². The van der Waals surface area contributed by atoms with E-state index in [2.05, 4.69) is 0 Å². The summed E-state index contributed by atoms with van der Waals surface area (Å²) in [5, 5.41) is 19.2. The Bertz CT molecular complexity index is 516. The summed E-state index contributed by atoms with van der Waals surface area (Å²) in [6.07, 6.45) is -8.99. The van der Waals surface area contributed by atoms with Crippen LogP contribution in [0.15, 0.2) is 18.2 Å². The predicted octanol–water partition coefficient (Wildman–Crippen LogP) is 0.788. The number of rotatable bonds is 5. The lowest BCUT2D eigenvalue weighted by atomic mass is 9.95. The van der Waals surface area contributed by atoms with Crippen LogP contribution in [0.25, 0.3) is 0 Å². The SMILES string of the molecule is NC(=O)CC(O)C(O)c1ccc(C=O)cc1C(F)(F)F. The van der Waals surface area contributed by atoms with E-state index in [4.69, 9.17) is 5.73 Å². The number of alkyl halides is 3. The zero-order valence-electron chi connectivity index (χ0n) is 10.1. The number of primary amides is 1. The standard InChI is InChI=1S/C12H12F3NO4/c13-12(14,15)8-3-6(5-17)1-2-7(8)11(20)9(18)4-10(16)19/h1-3,5,9,11,18,20H,4H2,(H2,16,19). The molecule has 0 spiro atoms. The average Bonchev–Trinajstić information content (AvgIpc) is 2.35. The monoisotopic (exact) mass is 291 g/mol. The number of hydrogen-bond acceptors (Lipinski definition) is 4. The third-order valence-electron chi connectivity index (χ3n) is 2.61. The van der Waals surface area contributed by atoms with Gasteiger partial charge in [0, 0.05) is 5.56 Å². The van der Waals surface area contributed by atoms with Crippen LogP contribution in [-0.2, 0) is 11.0 Å². The second-order valence-corrected chi connectivity index (χ2v) is 4.14. The van der Waals surface area contributed by atoms with Crippen molar-refractivity contribution in [3.8, 4) is 0 Å². The predicted molar refractivity (Wildman–Crippen MR) is 61.6 cm³/mol. The minimum Gasteiger partial charge on any atom is -0.390 e. The van der Waals surface area contributed by atoms with Gasteiger partial charge in [0.05, 0.1) is 18.1 Å². The van der Waals surface area contributed by atoms with E-state index >= 15 is 0 Å². The molecule has 2 unspecified atom stereocenters. The van der Waals surface area contributed by atoms with Crippen LogP contribution < -0.4 is 5.73 Å². The highest BCUT2D eigenvalue weighted by Gasteiger charge is 2.36. The van der Waals surface area contributed by atoms with Gasteiger partial charge in [-0.05, 0) is 11.6 Å². The van der Waals surface area contributed by atoms with Gasteiger partial charge in [0.25, 0.3) is 0 Å². The molecule has 0 heterocycles. The highest BCUT2D eigenvalue weighted by atomic mass is 19.4. The first-order chi connectivity index (χ1) is 9.16. The quantitative estimate of drug-likeness (QED) is 0.698. The summed E-state index contributed by atoms with van der Waals surface area (Å²) in [5.41, 5.74) is 2.70. The molecule has 0 fully saturated rings. The Balaban J connectivity index is 3.23. The lowest BCUT2D eigenvalue weighted by Gasteiger charge is -2.21. The van der Waals surface area contributed by atoms with Gasteiger partial charge in [-0.2, -0.15) is 13.2 Å². The number of hydrogen-bond donors (Lipinski definition) is 3. The first-order valence-corrected chi connectivity index (χ1v) is 5.47. The van der Waals surface area contributed by atoms with Crippen LogP contribution in [0.4, 0.5) is 13.2 Å². The van der Waals surface area contributed by atoms with Crippen LogP contribution in [0.2, 0.25) is 0 Å². The molecule has 0 aliphatic heterocycles. The van der Waals surface area contributed by atoms with Gasteiger partial charge in [-0.15, -0.1) is 0 Å². The second kappa shape index (κ2) is 6.02. The molecular weight excluding hydrogens is 279 g/mol. The summed E-state index contributed by atoms with van der Waals surface area (Å²) in [4.78, 5) is 21.1. The number of aliphatic hydroxyl groups is 2. The lowest BCUT2D eigenvalue weighted by molar-refractivity contribution is -0.140. The normalized spacial score (nSPS) is 14.7. The molecule has 1 rings (SSSR count). The van der Waals surface area contributed by atoms with E-state index in [1.54, 1.807) is 0 Å². The molecule has 0 saturated carbocycles. The van der Waals surface area contributed by atoms with E-state index < -0.39 is 41.8 Å². The first-order valence-electron chi connectivity index (χ1n) is 5.47. The number of aliphatic hydroxyl groups excluding tert-OH is 2. The van der Waals surface area contributed by atoms with Crippen molar-refractivity contribution in [3.05, 3.63) is 34.9 Å². The summed E-state index contributed by atoms with van der Waals surface area (Å²) < 4.78 is 38.6. The number of carbonyl (C=O) groups is 2. The van der Waals surface area contributed by atoms with E-state index in [0.29, 0.717) is 6.07 Å². The summed E-state index contributed by atoms with van der Waals surface area (Å²) in [7, 11) is 0. The first kappa shape index (κ1) is 16.1. The van der Waals surface area contributed by atoms with Crippen molar-refractivity contribution in [2.45, 2.75) is 24.8 Å². The molecule has 0 saturated heterocycles. The maximum atomic E-state index is 12.9. The molecule has 0 bridgehead atoms. The molecule has 1 aromatic rings. The fourth-order valence-electron chi connectivity index (χ4n) is 1.68. The van der Waals surface area contributed by atoms with Gasteiger partial charge in [0.1, 0.15) is 12.4 Å². The van der Waals surface area contributed by atoms with Crippen LogP contribution in [-0.4, -0.2) is 28.5 Å². The number of nitrogens with two attached hydrogens (primary N) is 1. The van der Waals surface area contributed by atoms with E-state index in [9.17, 15) is 33.0 Å². The van der Waals surface area contributed by atoms with Crippen molar-refractivity contribution < 1.29 is 33.0 Å². The lowest BCUT2D eigenvalue weighted by Crippen LogP contribution is -2.27. The number of halogens is 3. The largest absolute Gasteiger partial charge is 0.416 e. The van der Waals surface area contributed by atoms with Crippen molar-refractivity contribution >= 4 is 12.2 Å². The molecule has 110 valence electrons. The van der Waals surface area contributed by atoms with Crippen molar-refractivity contribution in [3.63, 3.8) is 0 Å². The summed E-state index contributed by atoms with van der Waals surface area (Å²) in [5.74, 6) is -0.963. The Morgan fingerprint density at radius 1 is 1.35 bits per heavy atom. The molecule has 0 aliphatic carbocycles. The Morgan fingerprint density at radius 3 is 2.40 bits per heavy atom. The molecule has 5 nitrogen and oxygen atoms in total. The second-order valence-electron chi connectivity index (χ2n) is 4.14. The highest BCUT2D eigenvalue weighted by molar-refractivity contribution is 5.76. The van der Waals surface area contributed by atoms with Crippen molar-refractivity contribution in [2.75, 3.05) is 0 Å². The van der Waals surface area contributed by atoms with E-state index in [1.807, 2.05) is 0 Å². The van der Waals surface area contributed by atoms with Crippen molar-refractivity contribution in [1.29, 1.82) is 0 Å². The van der Waals surface area contributed by atoms with E-state index in [-0.39, 0.29) is 11.8 Å². The van der Waals surface area contributed by atoms with Gasteiger partial charge in [0.15, 0.2) is 0 Å². The molecular formula is C12H12F3NO4. The molecule has 0 radical (unpaired) electrons. The molecule has 0 aromatic heterocycles. The number of aldehydes is 1. The maximum Gasteiger partial charge on any atom is 0.416 e. The summed E-state index contributed by atoms with van der Waals surface area (Å²) in [6.45, 7) is 0. The summed E-state index contributed by atoms with van der Waals surface area (Å²) >= 11 is 0. The molecule has 1 aromatic carbocycles. The van der Waals surface area contributed by atoms with Gasteiger partial charge in [-0.1, -0.05) is 12.1 Å². The zero-order valence-corrected chi connectivity index (χ0v) is 10.1. The zero-order chi connectivity index (χ0) is 15.5. The molecule has 0 aliphatic rings. The van der Waals surface area contributed by atoms with Gasteiger partial charge in [-0.25, -0.2) is 0 Å². The Kier molecular flexibility index (Phi) is 4.85. The fraction of sp³-hybridized carbons (Fsp3) is 0.333. The number of carbonyl (C=O) groups excluding carboxylic acids is 2. The highest BCUT2D eigenvalue weighted by Crippen LogP contribution is 2.36. The topological polar surface area (TPSA) is 101 Å². The van der Waals surface area contributed by atoms with E-state index in [0.717, 1.165) is 12.1 Å². The number of benzene rings is 1. The third kappa shape index (κ3) is 3.78. The summed E-state index contributed by atoms with van der Waals surface area (Å²) in [6, 6.07) is 2.50. The number of amides is 1. The molecule has 2 atom stereocenters. The Morgan fingerprint density at radius 2 is 1.95 bits per heavy atom. The molecule has 4 N–H and O–H groups in total. The van der Waals surface area contributed by atoms with Crippen LogP contribution in [0.5, 0.6) is 0 Å². The average molecular weight is 291 g/mol. The molecule has 1 amide bonds. The van der Waals surface area contributed by atoms with Crippen molar-refractivity contribution in [1.82, 2.24) is 0 Å². The minimum absolute atomic E-state index is 0.224. The smallest absolute Gasteiger partial charge is 0.390 e. The minimum atomic E-state index is -4.82. The van der Waals surface area contributed by atoms with Gasteiger partial charge in [-0.3, -0.25) is 9.59 Å². The van der Waals surface area contributed by atoms with Gasteiger partial charge < -0.3 is 15.9 Å². The van der Waals surface area contributed by atoms with Gasteiger partial charge in [0.2, 0.25) is 5.91 Å². The maximum absolute atomic E-state index is 12.9. The van der Waals surface area contributed by atoms with Crippen LogP contribution in [0.1, 0.15) is 34.0 Å². The Hall–Kier alpha value is -1.93. The Labute approximate surface area is 111 Å². The van der Waals surface area contributed by atoms with E-state index in [1.165, 1.54) is 0 Å².